The standard InChI is InChI=1S/C15H20N2O3S2/c1-20-8-6-17-14(19)12-10-4-2-3-5-11(10)22-13(12)16-15(17)21-9-7-18/h18H,2-9H2,1H3. The average molecular weight is 340 g/mol. The summed E-state index contributed by atoms with van der Waals surface area (Å²) in [6.07, 6.45) is 4.40. The molecule has 22 heavy (non-hydrogen) atoms. The molecule has 0 spiro atoms. The van der Waals surface area contributed by atoms with Gasteiger partial charge >= 0.3 is 0 Å². The number of aromatic nitrogens is 2. The van der Waals surface area contributed by atoms with Crippen molar-refractivity contribution in [3.8, 4) is 0 Å². The van der Waals surface area contributed by atoms with E-state index < -0.39 is 0 Å². The highest BCUT2D eigenvalue weighted by Gasteiger charge is 2.22. The summed E-state index contributed by atoms with van der Waals surface area (Å²) in [7, 11) is 1.63. The lowest BCUT2D eigenvalue weighted by Crippen LogP contribution is -2.25. The van der Waals surface area contributed by atoms with Gasteiger partial charge in [0.1, 0.15) is 4.83 Å². The van der Waals surface area contributed by atoms with Crippen LogP contribution in [0.15, 0.2) is 9.95 Å². The molecule has 0 aromatic carbocycles. The molecular formula is C15H20N2O3S2. The maximum atomic E-state index is 12.9. The number of aliphatic hydroxyl groups excluding tert-OH is 1. The van der Waals surface area contributed by atoms with Crippen molar-refractivity contribution < 1.29 is 9.84 Å². The van der Waals surface area contributed by atoms with Gasteiger partial charge < -0.3 is 9.84 Å². The maximum Gasteiger partial charge on any atom is 0.263 e. The number of thioether (sulfide) groups is 1. The largest absolute Gasteiger partial charge is 0.396 e. The van der Waals surface area contributed by atoms with Crippen molar-refractivity contribution in [3.63, 3.8) is 0 Å². The van der Waals surface area contributed by atoms with Gasteiger partial charge in [-0.25, -0.2) is 4.98 Å². The van der Waals surface area contributed by atoms with E-state index in [1.54, 1.807) is 23.0 Å². The number of hydrogen-bond donors (Lipinski definition) is 1. The van der Waals surface area contributed by atoms with Crippen LogP contribution in [0.25, 0.3) is 10.2 Å². The Morgan fingerprint density at radius 1 is 1.41 bits per heavy atom. The molecule has 1 aliphatic carbocycles. The van der Waals surface area contributed by atoms with Crippen molar-refractivity contribution in [2.24, 2.45) is 0 Å². The lowest BCUT2D eigenvalue weighted by atomic mass is 9.97. The molecule has 0 radical (unpaired) electrons. The first-order valence-corrected chi connectivity index (χ1v) is 9.34. The van der Waals surface area contributed by atoms with Gasteiger partial charge in [0.25, 0.3) is 5.56 Å². The highest BCUT2D eigenvalue weighted by Crippen LogP contribution is 2.34. The Bertz CT molecular complexity index is 724. The second-order valence-corrected chi connectivity index (χ2v) is 7.45. The number of fused-ring (bicyclic) bond motifs is 3. The molecule has 0 fully saturated rings. The van der Waals surface area contributed by atoms with E-state index >= 15 is 0 Å². The Labute approximate surface area is 137 Å². The maximum absolute atomic E-state index is 12.9. The molecular weight excluding hydrogens is 320 g/mol. The predicted molar refractivity (Wildman–Crippen MR) is 90.2 cm³/mol. The third-order valence-electron chi connectivity index (χ3n) is 3.88. The van der Waals surface area contributed by atoms with E-state index in [1.807, 2.05) is 0 Å². The molecule has 0 saturated heterocycles. The van der Waals surface area contributed by atoms with Gasteiger partial charge in [-0.1, -0.05) is 11.8 Å². The summed E-state index contributed by atoms with van der Waals surface area (Å²) in [5.74, 6) is 0.538. The third kappa shape index (κ3) is 2.95. The molecule has 0 unspecified atom stereocenters. The molecule has 0 saturated carbocycles. The Balaban J connectivity index is 2.14. The monoisotopic (exact) mass is 340 g/mol. The number of methoxy groups -OCH3 is 1. The fourth-order valence-corrected chi connectivity index (χ4v) is 4.92. The molecule has 7 heteroatoms. The molecule has 2 aromatic heterocycles. The van der Waals surface area contributed by atoms with Gasteiger partial charge in [-0.3, -0.25) is 9.36 Å². The lowest BCUT2D eigenvalue weighted by Gasteiger charge is -2.13. The van der Waals surface area contributed by atoms with E-state index in [2.05, 4.69) is 0 Å². The van der Waals surface area contributed by atoms with E-state index in [9.17, 15) is 4.79 Å². The van der Waals surface area contributed by atoms with Crippen molar-refractivity contribution in [2.45, 2.75) is 37.4 Å². The molecule has 0 bridgehead atoms. The predicted octanol–water partition coefficient (Wildman–Crippen LogP) is 2.07. The van der Waals surface area contributed by atoms with Crippen molar-refractivity contribution in [3.05, 3.63) is 20.8 Å². The molecule has 2 heterocycles. The van der Waals surface area contributed by atoms with Crippen LogP contribution in [0.3, 0.4) is 0 Å². The van der Waals surface area contributed by atoms with E-state index in [-0.39, 0.29) is 12.2 Å². The minimum absolute atomic E-state index is 0.0434. The zero-order chi connectivity index (χ0) is 15.5. The number of hydrogen-bond acceptors (Lipinski definition) is 6. The van der Waals surface area contributed by atoms with Crippen molar-refractivity contribution in [2.75, 3.05) is 26.1 Å². The molecule has 120 valence electrons. The quantitative estimate of drug-likeness (QED) is 0.644. The molecule has 5 nitrogen and oxygen atoms in total. The SMILES string of the molecule is COCCn1c(SCCO)nc2sc3c(c2c1=O)CCCC3. The Morgan fingerprint density at radius 2 is 2.23 bits per heavy atom. The topological polar surface area (TPSA) is 64.3 Å². The van der Waals surface area contributed by atoms with Crippen LogP contribution in [0, 0.1) is 0 Å². The van der Waals surface area contributed by atoms with Crippen LogP contribution < -0.4 is 5.56 Å². The fourth-order valence-electron chi connectivity index (χ4n) is 2.85. The van der Waals surface area contributed by atoms with Gasteiger partial charge in [0.05, 0.1) is 25.1 Å². The Hall–Kier alpha value is -0.890. The molecule has 1 N–H and O–H groups in total. The van der Waals surface area contributed by atoms with Crippen LogP contribution in [-0.4, -0.2) is 40.7 Å². The highest BCUT2D eigenvalue weighted by atomic mass is 32.2. The van der Waals surface area contributed by atoms with Crippen molar-refractivity contribution in [1.82, 2.24) is 9.55 Å². The van der Waals surface area contributed by atoms with Crippen molar-refractivity contribution >= 4 is 33.3 Å². The first-order chi connectivity index (χ1) is 10.8. The number of thiophene rings is 1. The van der Waals surface area contributed by atoms with Crippen LogP contribution in [-0.2, 0) is 24.1 Å². The van der Waals surface area contributed by atoms with Crippen molar-refractivity contribution in [1.29, 1.82) is 0 Å². The number of aryl methyl sites for hydroxylation is 2. The Morgan fingerprint density at radius 3 is 3.00 bits per heavy atom. The summed E-state index contributed by atoms with van der Waals surface area (Å²) in [4.78, 5) is 19.8. The number of nitrogens with zero attached hydrogens (tertiary/aromatic N) is 2. The van der Waals surface area contributed by atoms with Crippen LogP contribution in [0.1, 0.15) is 23.3 Å². The summed E-state index contributed by atoms with van der Waals surface area (Å²) < 4.78 is 6.83. The van der Waals surface area contributed by atoms with Crippen LogP contribution in [0.4, 0.5) is 0 Å². The zero-order valence-electron chi connectivity index (χ0n) is 12.6. The minimum atomic E-state index is 0.0434. The summed E-state index contributed by atoms with van der Waals surface area (Å²) in [6, 6.07) is 0. The molecule has 0 atom stereocenters. The lowest BCUT2D eigenvalue weighted by molar-refractivity contribution is 0.183. The number of ether oxygens (including phenoxy) is 1. The second kappa shape index (κ2) is 7.12. The first-order valence-electron chi connectivity index (χ1n) is 7.54. The van der Waals surface area contributed by atoms with Crippen LogP contribution in [0.5, 0.6) is 0 Å². The number of aliphatic hydroxyl groups is 1. The zero-order valence-corrected chi connectivity index (χ0v) is 14.3. The van der Waals surface area contributed by atoms with E-state index in [4.69, 9.17) is 14.8 Å². The van der Waals surface area contributed by atoms with Gasteiger partial charge in [0.2, 0.25) is 0 Å². The van der Waals surface area contributed by atoms with Crippen LogP contribution >= 0.6 is 23.1 Å². The molecule has 2 aromatic rings. The average Bonchev–Trinajstić information content (AvgIpc) is 2.90. The van der Waals surface area contributed by atoms with Crippen LogP contribution in [0.2, 0.25) is 0 Å². The smallest absolute Gasteiger partial charge is 0.263 e. The van der Waals surface area contributed by atoms with E-state index in [0.29, 0.717) is 24.1 Å². The normalized spacial score (nSPS) is 14.5. The summed E-state index contributed by atoms with van der Waals surface area (Å²) >= 11 is 3.09. The molecule has 0 aliphatic heterocycles. The van der Waals surface area contributed by atoms with Gasteiger partial charge in [-0.2, -0.15) is 0 Å². The fraction of sp³-hybridized carbons (Fsp3) is 0.600. The first kappa shape index (κ1) is 16.0. The summed E-state index contributed by atoms with van der Waals surface area (Å²) in [5, 5.41) is 10.5. The Kier molecular flexibility index (Phi) is 5.18. The molecule has 1 aliphatic rings. The summed E-state index contributed by atoms with van der Waals surface area (Å²) in [5.41, 5.74) is 1.26. The van der Waals surface area contributed by atoms with E-state index in [0.717, 1.165) is 29.5 Å². The molecule has 0 amide bonds. The second-order valence-electron chi connectivity index (χ2n) is 5.31. The minimum Gasteiger partial charge on any atom is -0.396 e. The third-order valence-corrected chi connectivity index (χ3v) is 6.02. The highest BCUT2D eigenvalue weighted by molar-refractivity contribution is 7.99. The van der Waals surface area contributed by atoms with Gasteiger partial charge in [0, 0.05) is 17.7 Å². The van der Waals surface area contributed by atoms with Gasteiger partial charge in [0.15, 0.2) is 5.16 Å². The van der Waals surface area contributed by atoms with Gasteiger partial charge in [-0.15, -0.1) is 11.3 Å². The number of rotatable bonds is 6. The van der Waals surface area contributed by atoms with Gasteiger partial charge in [-0.05, 0) is 31.2 Å². The summed E-state index contributed by atoms with van der Waals surface area (Å²) in [6.45, 7) is 1.05. The molecule has 3 rings (SSSR count). The van der Waals surface area contributed by atoms with E-state index in [1.165, 1.54) is 28.6 Å².